The monoisotopic (exact) mass is 416 g/mol. The zero-order valence-electron chi connectivity index (χ0n) is 15.2. The van der Waals surface area contributed by atoms with Crippen molar-refractivity contribution in [1.29, 1.82) is 0 Å². The Morgan fingerprint density at radius 3 is 2.41 bits per heavy atom. The van der Waals surface area contributed by atoms with Gasteiger partial charge in [-0.15, -0.1) is 0 Å². The summed E-state index contributed by atoms with van der Waals surface area (Å²) in [4.78, 5) is 26.3. The maximum Gasteiger partial charge on any atom is 0.289 e. The molecule has 1 aliphatic heterocycles. The molecule has 0 saturated carbocycles. The number of para-hydroxylation sites is 1. The summed E-state index contributed by atoms with van der Waals surface area (Å²) in [7, 11) is -3.85. The van der Waals surface area contributed by atoms with Crippen LogP contribution in [0.2, 0.25) is 0 Å². The second kappa shape index (κ2) is 7.41. The Hall–Kier alpha value is -3.04. The minimum absolute atomic E-state index is 0.0579. The first-order valence-electron chi connectivity index (χ1n) is 8.94. The minimum atomic E-state index is -3.85. The van der Waals surface area contributed by atoms with Crippen molar-refractivity contribution in [1.82, 2.24) is 9.21 Å². The maximum atomic E-state index is 13.4. The standard InChI is InChI=1S/C20H17FN2O5S/c21-14-4-3-5-15(12-14)29(26,27)23-10-8-22(9-11-23)20(25)19-13-17(24)16-6-1-2-7-18(16)28-19/h1-7,12-13H,8-11H2. The van der Waals surface area contributed by atoms with E-state index < -0.39 is 21.7 Å². The van der Waals surface area contributed by atoms with Crippen LogP contribution in [0, 0.1) is 5.82 Å². The highest BCUT2D eigenvalue weighted by Gasteiger charge is 2.31. The van der Waals surface area contributed by atoms with Crippen LogP contribution in [0.15, 0.2) is 68.7 Å². The number of carbonyl (C=O) groups is 1. The highest BCUT2D eigenvalue weighted by atomic mass is 32.2. The van der Waals surface area contributed by atoms with Crippen LogP contribution in [0.1, 0.15) is 10.6 Å². The summed E-state index contributed by atoms with van der Waals surface area (Å²) < 4.78 is 45.5. The molecule has 29 heavy (non-hydrogen) atoms. The molecule has 0 bridgehead atoms. The zero-order chi connectivity index (χ0) is 20.6. The van der Waals surface area contributed by atoms with Crippen LogP contribution in [0.5, 0.6) is 0 Å². The molecule has 2 heterocycles. The smallest absolute Gasteiger partial charge is 0.289 e. The van der Waals surface area contributed by atoms with Gasteiger partial charge in [0, 0.05) is 32.2 Å². The van der Waals surface area contributed by atoms with Crippen molar-refractivity contribution in [2.75, 3.05) is 26.2 Å². The van der Waals surface area contributed by atoms with Gasteiger partial charge < -0.3 is 9.32 Å². The third kappa shape index (κ3) is 3.66. The summed E-state index contributed by atoms with van der Waals surface area (Å²) in [6, 6.07) is 12.6. The van der Waals surface area contributed by atoms with Gasteiger partial charge in [0.15, 0.2) is 11.2 Å². The summed E-state index contributed by atoms with van der Waals surface area (Å²) in [6.45, 7) is 0.374. The Morgan fingerprint density at radius 1 is 0.966 bits per heavy atom. The lowest BCUT2D eigenvalue weighted by Gasteiger charge is -2.33. The normalized spacial score (nSPS) is 15.6. The Bertz CT molecular complexity index is 1250. The summed E-state index contributed by atoms with van der Waals surface area (Å²) in [5.41, 5.74) is -0.00168. The van der Waals surface area contributed by atoms with Gasteiger partial charge in [-0.25, -0.2) is 12.8 Å². The van der Waals surface area contributed by atoms with Crippen molar-refractivity contribution >= 4 is 26.9 Å². The van der Waals surface area contributed by atoms with Crippen molar-refractivity contribution in [2.24, 2.45) is 0 Å². The van der Waals surface area contributed by atoms with E-state index in [1.807, 2.05) is 0 Å². The van der Waals surface area contributed by atoms with Gasteiger partial charge >= 0.3 is 0 Å². The van der Waals surface area contributed by atoms with E-state index >= 15 is 0 Å². The highest BCUT2D eigenvalue weighted by Crippen LogP contribution is 2.20. The zero-order valence-corrected chi connectivity index (χ0v) is 16.1. The average molecular weight is 416 g/mol. The average Bonchev–Trinajstić information content (AvgIpc) is 2.73. The van der Waals surface area contributed by atoms with E-state index in [1.54, 1.807) is 24.3 Å². The molecule has 3 aromatic rings. The molecule has 1 amide bonds. The van der Waals surface area contributed by atoms with Gasteiger partial charge in [-0.3, -0.25) is 9.59 Å². The van der Waals surface area contributed by atoms with E-state index in [4.69, 9.17) is 4.42 Å². The Balaban J connectivity index is 1.51. The van der Waals surface area contributed by atoms with E-state index in [9.17, 15) is 22.4 Å². The maximum absolute atomic E-state index is 13.4. The van der Waals surface area contributed by atoms with Gasteiger partial charge in [0.1, 0.15) is 11.4 Å². The molecule has 0 atom stereocenters. The van der Waals surface area contributed by atoms with Crippen molar-refractivity contribution < 1.29 is 22.0 Å². The summed E-state index contributed by atoms with van der Waals surface area (Å²) in [5, 5.41) is 0.384. The van der Waals surface area contributed by atoms with Gasteiger partial charge in [-0.2, -0.15) is 4.31 Å². The van der Waals surface area contributed by atoms with Gasteiger partial charge in [0.05, 0.1) is 10.3 Å². The van der Waals surface area contributed by atoms with Crippen molar-refractivity contribution in [2.45, 2.75) is 4.90 Å². The number of hydrogen-bond donors (Lipinski definition) is 0. The van der Waals surface area contributed by atoms with Crippen LogP contribution in [-0.2, 0) is 10.0 Å². The fourth-order valence-corrected chi connectivity index (χ4v) is 4.73. The van der Waals surface area contributed by atoms with E-state index in [2.05, 4.69) is 0 Å². The number of carbonyl (C=O) groups excluding carboxylic acids is 1. The Labute approximate surface area is 166 Å². The SMILES string of the molecule is O=C(c1cc(=O)c2ccccc2o1)N1CCN(S(=O)(=O)c2cccc(F)c2)CC1. The molecule has 9 heteroatoms. The molecule has 7 nitrogen and oxygen atoms in total. The number of benzene rings is 2. The lowest BCUT2D eigenvalue weighted by Crippen LogP contribution is -2.50. The predicted molar refractivity (Wildman–Crippen MR) is 104 cm³/mol. The molecule has 0 radical (unpaired) electrons. The van der Waals surface area contributed by atoms with Crippen molar-refractivity contribution in [3.8, 4) is 0 Å². The molecule has 4 rings (SSSR count). The Morgan fingerprint density at radius 2 is 1.69 bits per heavy atom. The van der Waals surface area contributed by atoms with Crippen LogP contribution in [0.3, 0.4) is 0 Å². The van der Waals surface area contributed by atoms with Crippen LogP contribution in [0.4, 0.5) is 4.39 Å². The quantitative estimate of drug-likeness (QED) is 0.652. The molecule has 0 N–H and O–H groups in total. The van der Waals surface area contributed by atoms with Crippen molar-refractivity contribution in [3.63, 3.8) is 0 Å². The molecule has 1 fully saturated rings. The second-order valence-electron chi connectivity index (χ2n) is 6.62. The molecular weight excluding hydrogens is 399 g/mol. The van der Waals surface area contributed by atoms with E-state index in [-0.39, 0.29) is 42.3 Å². The first kappa shape index (κ1) is 19.3. The molecule has 1 aliphatic rings. The van der Waals surface area contributed by atoms with Crippen LogP contribution >= 0.6 is 0 Å². The number of piperazine rings is 1. The molecule has 0 unspecified atom stereocenters. The highest BCUT2D eigenvalue weighted by molar-refractivity contribution is 7.89. The number of amides is 1. The number of hydrogen-bond acceptors (Lipinski definition) is 5. The van der Waals surface area contributed by atoms with Gasteiger partial charge in [-0.1, -0.05) is 18.2 Å². The third-order valence-electron chi connectivity index (χ3n) is 4.81. The molecule has 150 valence electrons. The first-order chi connectivity index (χ1) is 13.9. The second-order valence-corrected chi connectivity index (χ2v) is 8.56. The number of rotatable bonds is 3. The fourth-order valence-electron chi connectivity index (χ4n) is 3.27. The van der Waals surface area contributed by atoms with Gasteiger partial charge in [0.25, 0.3) is 5.91 Å². The largest absolute Gasteiger partial charge is 0.451 e. The lowest BCUT2D eigenvalue weighted by molar-refractivity contribution is 0.0666. The predicted octanol–water partition coefficient (Wildman–Crippen LogP) is 2.08. The molecule has 0 spiro atoms. The number of halogens is 1. The van der Waals surface area contributed by atoms with E-state index in [0.29, 0.717) is 11.0 Å². The molecular formula is C20H17FN2O5S. The molecule has 1 aromatic heterocycles. The molecule has 1 saturated heterocycles. The van der Waals surface area contributed by atoms with Gasteiger partial charge in [-0.05, 0) is 30.3 Å². The van der Waals surface area contributed by atoms with E-state index in [0.717, 1.165) is 12.1 Å². The number of sulfonamides is 1. The topological polar surface area (TPSA) is 87.9 Å². The van der Waals surface area contributed by atoms with Crippen LogP contribution in [0.25, 0.3) is 11.0 Å². The lowest BCUT2D eigenvalue weighted by atomic mass is 10.2. The summed E-state index contributed by atoms with van der Waals surface area (Å²) in [5.74, 6) is -1.20. The minimum Gasteiger partial charge on any atom is -0.451 e. The van der Waals surface area contributed by atoms with E-state index in [1.165, 1.54) is 27.4 Å². The molecule has 2 aromatic carbocycles. The van der Waals surface area contributed by atoms with Crippen LogP contribution in [-0.4, -0.2) is 49.7 Å². The van der Waals surface area contributed by atoms with Gasteiger partial charge in [0.2, 0.25) is 10.0 Å². The fraction of sp³-hybridized carbons (Fsp3) is 0.200. The third-order valence-corrected chi connectivity index (χ3v) is 6.70. The Kier molecular flexibility index (Phi) is 4.93. The molecule has 0 aliphatic carbocycles. The number of fused-ring (bicyclic) bond motifs is 1. The summed E-state index contributed by atoms with van der Waals surface area (Å²) >= 11 is 0. The van der Waals surface area contributed by atoms with Crippen molar-refractivity contribution in [3.05, 3.63) is 76.4 Å². The first-order valence-corrected chi connectivity index (χ1v) is 10.4. The summed E-state index contributed by atoms with van der Waals surface area (Å²) in [6.07, 6.45) is 0. The number of nitrogens with zero attached hydrogens (tertiary/aromatic N) is 2. The van der Waals surface area contributed by atoms with Crippen LogP contribution < -0.4 is 5.43 Å².